The molecule has 2 heterocycles. The molecule has 4 aromatic rings. The largest absolute Gasteiger partial charge is 1.00 e. The number of carbonyl (C=O) groups is 2. The van der Waals surface area contributed by atoms with Crippen LogP contribution in [0.5, 0.6) is 23.0 Å². The van der Waals surface area contributed by atoms with Gasteiger partial charge >= 0.3 is 0 Å². The summed E-state index contributed by atoms with van der Waals surface area (Å²) >= 11 is 0. The van der Waals surface area contributed by atoms with Crippen molar-refractivity contribution in [3.8, 4) is 23.0 Å². The molecule has 0 aliphatic rings. The van der Waals surface area contributed by atoms with E-state index in [1.54, 1.807) is 50.0 Å². The van der Waals surface area contributed by atoms with Gasteiger partial charge in [0, 0.05) is 97.8 Å². The Morgan fingerprint density at radius 2 is 0.964 bits per heavy atom. The second kappa shape index (κ2) is 27.3. The third-order valence-corrected chi connectivity index (χ3v) is 10.8. The average molecular weight is 844 g/mol. The van der Waals surface area contributed by atoms with Crippen molar-refractivity contribution in [3.63, 3.8) is 0 Å². The van der Waals surface area contributed by atoms with Crippen molar-refractivity contribution < 1.29 is 62.5 Å². The number of nitrogens with zero attached hydrogens (tertiary/aromatic N) is 2. The number of benzene rings is 2. The molecule has 2 N–H and O–H groups in total. The maximum absolute atomic E-state index is 12.3. The fourth-order valence-corrected chi connectivity index (χ4v) is 7.16. The molecule has 0 aliphatic carbocycles. The Balaban J connectivity index is 0.00000541. The zero-order valence-electron chi connectivity index (χ0n) is 32.4. The second-order valence-corrected chi connectivity index (χ2v) is 14.9. The van der Waals surface area contributed by atoms with E-state index in [0.29, 0.717) is 25.9 Å². The summed E-state index contributed by atoms with van der Waals surface area (Å²) < 4.78 is 25.6. The summed E-state index contributed by atoms with van der Waals surface area (Å²) in [6.45, 7) is 2.80. The molecule has 0 saturated heterocycles. The SMILES string of the molecule is COc1ccc(/C=C/c2cc[n+](CCCC(=O)NCCSSCCNC(=O)CCC[n+]3ccc(/C=C/c4ccc(OC)cc4OC)cc3)cc2)c(OC)c1.[Cl-].[Cl-]. The monoisotopic (exact) mass is 842 g/mol. The standard InChI is InChI=1S/C42H50N4O6S2.2ClH/c1-49-37-15-13-35(39(31-37)51-3)11-9-33-17-25-45(26-18-33)23-5-7-41(47)43-21-29-53-54-30-22-44-42(48)8-6-24-46-27-19-34(20-28-46)10-12-36-14-16-38(50-2)32-40(36)52-4;;/h9-20,25-28,31-32H,5-8,21-24,29-30H2,1-4H3;2*1H/b11-9+,12-10+;;. The van der Waals surface area contributed by atoms with Gasteiger partial charge in [-0.05, 0) is 35.4 Å². The summed E-state index contributed by atoms with van der Waals surface area (Å²) in [4.78, 5) is 24.6. The van der Waals surface area contributed by atoms with Crippen LogP contribution in [0.2, 0.25) is 0 Å². The van der Waals surface area contributed by atoms with E-state index in [2.05, 4.69) is 44.0 Å². The molecule has 10 nitrogen and oxygen atoms in total. The molecule has 0 aliphatic heterocycles. The van der Waals surface area contributed by atoms with Crippen LogP contribution in [0.25, 0.3) is 24.3 Å². The van der Waals surface area contributed by atoms with E-state index in [1.165, 1.54) is 0 Å². The second-order valence-electron chi connectivity index (χ2n) is 12.2. The first-order valence-electron chi connectivity index (χ1n) is 18.0. The van der Waals surface area contributed by atoms with Gasteiger partial charge in [0.2, 0.25) is 11.8 Å². The van der Waals surface area contributed by atoms with Gasteiger partial charge in [-0.25, -0.2) is 9.13 Å². The Morgan fingerprint density at radius 1 is 0.571 bits per heavy atom. The van der Waals surface area contributed by atoms with Gasteiger partial charge in [0.15, 0.2) is 24.8 Å². The van der Waals surface area contributed by atoms with E-state index in [-0.39, 0.29) is 36.6 Å². The molecule has 14 heteroatoms. The van der Waals surface area contributed by atoms with Crippen molar-refractivity contribution in [2.45, 2.75) is 38.8 Å². The highest BCUT2D eigenvalue weighted by atomic mass is 35.5. The number of aromatic nitrogens is 2. The van der Waals surface area contributed by atoms with Gasteiger partial charge in [0.05, 0.1) is 28.4 Å². The smallest absolute Gasteiger partial charge is 0.220 e. The lowest BCUT2D eigenvalue weighted by Crippen LogP contribution is -3.00. The van der Waals surface area contributed by atoms with Crippen molar-refractivity contribution in [1.29, 1.82) is 0 Å². The van der Waals surface area contributed by atoms with E-state index in [0.717, 1.165) is 82.7 Å². The molecule has 0 bridgehead atoms. The molecule has 0 saturated carbocycles. The number of amides is 2. The van der Waals surface area contributed by atoms with Crippen LogP contribution in [0.1, 0.15) is 47.9 Å². The molecule has 0 spiro atoms. The van der Waals surface area contributed by atoms with E-state index < -0.39 is 0 Å². The van der Waals surface area contributed by atoms with Crippen LogP contribution in [-0.2, 0) is 22.7 Å². The highest BCUT2D eigenvalue weighted by molar-refractivity contribution is 8.76. The zero-order valence-corrected chi connectivity index (χ0v) is 35.5. The number of hydrogen-bond donors (Lipinski definition) is 2. The lowest BCUT2D eigenvalue weighted by molar-refractivity contribution is -0.697. The summed E-state index contributed by atoms with van der Waals surface area (Å²) in [6, 6.07) is 19.7. The number of aryl methyl sites for hydroxylation is 2. The summed E-state index contributed by atoms with van der Waals surface area (Å²) in [5.74, 6) is 4.79. The highest BCUT2D eigenvalue weighted by Crippen LogP contribution is 2.27. The first-order valence-corrected chi connectivity index (χ1v) is 20.5. The van der Waals surface area contributed by atoms with Crippen molar-refractivity contribution in [2.24, 2.45) is 0 Å². The number of methoxy groups -OCH3 is 4. The maximum atomic E-state index is 12.3. The molecule has 0 fully saturated rings. The number of halogens is 2. The minimum Gasteiger partial charge on any atom is -1.00 e. The summed E-state index contributed by atoms with van der Waals surface area (Å²) in [5, 5.41) is 6.01. The van der Waals surface area contributed by atoms with E-state index >= 15 is 0 Å². The van der Waals surface area contributed by atoms with Crippen LogP contribution in [0, 0.1) is 0 Å². The van der Waals surface area contributed by atoms with Gasteiger partial charge < -0.3 is 54.4 Å². The predicted molar refractivity (Wildman–Crippen MR) is 220 cm³/mol. The number of ether oxygens (including phenoxy) is 4. The molecule has 4 rings (SSSR count). The quantitative estimate of drug-likeness (QED) is 0.0634. The predicted octanol–water partition coefficient (Wildman–Crippen LogP) is 0.519. The molecule has 2 aromatic carbocycles. The van der Waals surface area contributed by atoms with E-state index in [4.69, 9.17) is 18.9 Å². The minimum atomic E-state index is 0. The summed E-state index contributed by atoms with van der Waals surface area (Å²) in [6.07, 6.45) is 18.7. The average Bonchev–Trinajstić information content (AvgIpc) is 3.21. The zero-order chi connectivity index (χ0) is 38.4. The Morgan fingerprint density at radius 3 is 1.32 bits per heavy atom. The summed E-state index contributed by atoms with van der Waals surface area (Å²) in [5.41, 5.74) is 4.10. The van der Waals surface area contributed by atoms with Gasteiger partial charge in [-0.15, -0.1) is 0 Å². The van der Waals surface area contributed by atoms with E-state index in [9.17, 15) is 9.59 Å². The maximum Gasteiger partial charge on any atom is 0.220 e. The third kappa shape index (κ3) is 17.2. The number of hydrogen-bond acceptors (Lipinski definition) is 8. The van der Waals surface area contributed by atoms with Crippen LogP contribution in [0.4, 0.5) is 0 Å². The van der Waals surface area contributed by atoms with Crippen LogP contribution < -0.4 is 63.5 Å². The molecular weight excluding hydrogens is 792 g/mol. The molecular formula is C42H52Cl2N4O6S2. The van der Waals surface area contributed by atoms with Gasteiger partial charge in [0.1, 0.15) is 36.1 Å². The molecule has 302 valence electrons. The normalized spacial score (nSPS) is 10.7. The molecule has 56 heavy (non-hydrogen) atoms. The van der Waals surface area contributed by atoms with Crippen LogP contribution in [-0.4, -0.2) is 64.8 Å². The molecule has 0 atom stereocenters. The first kappa shape index (κ1) is 47.8. The Bertz CT molecular complexity index is 1700. The fraction of sp³-hybridized carbons (Fsp3) is 0.333. The first-order chi connectivity index (χ1) is 26.4. The molecule has 2 amide bonds. The van der Waals surface area contributed by atoms with Crippen molar-refractivity contribution in [3.05, 3.63) is 108 Å². The van der Waals surface area contributed by atoms with Crippen molar-refractivity contribution >= 4 is 57.7 Å². The third-order valence-electron chi connectivity index (χ3n) is 8.36. The van der Waals surface area contributed by atoms with Crippen LogP contribution in [0.3, 0.4) is 0 Å². The highest BCUT2D eigenvalue weighted by Gasteiger charge is 2.08. The van der Waals surface area contributed by atoms with Crippen molar-refractivity contribution in [2.75, 3.05) is 53.0 Å². The fourth-order valence-electron chi connectivity index (χ4n) is 5.35. The summed E-state index contributed by atoms with van der Waals surface area (Å²) in [7, 11) is 9.98. The Labute approximate surface area is 351 Å². The van der Waals surface area contributed by atoms with Gasteiger partial charge in [-0.1, -0.05) is 45.9 Å². The minimum absolute atomic E-state index is 0. The number of nitrogens with one attached hydrogen (secondary N) is 2. The van der Waals surface area contributed by atoms with Gasteiger partial charge in [-0.3, -0.25) is 9.59 Å². The number of rotatable bonds is 23. The molecule has 0 unspecified atom stereocenters. The lowest BCUT2D eigenvalue weighted by Gasteiger charge is -2.07. The Kier molecular flexibility index (Phi) is 23.3. The number of carbonyl (C=O) groups excluding carboxylic acids is 2. The van der Waals surface area contributed by atoms with Crippen LogP contribution in [0.15, 0.2) is 85.5 Å². The van der Waals surface area contributed by atoms with E-state index in [1.807, 2.05) is 85.5 Å². The molecule has 2 aromatic heterocycles. The van der Waals surface area contributed by atoms with Crippen LogP contribution >= 0.6 is 21.6 Å². The van der Waals surface area contributed by atoms with Gasteiger partial charge in [-0.2, -0.15) is 0 Å². The topological polar surface area (TPSA) is 103 Å². The molecule has 0 radical (unpaired) electrons. The number of pyridine rings is 2. The van der Waals surface area contributed by atoms with Gasteiger partial charge in [0.25, 0.3) is 0 Å². The lowest BCUT2D eigenvalue weighted by atomic mass is 10.1. The Hall–Kier alpha value is -4.36. The van der Waals surface area contributed by atoms with Crippen molar-refractivity contribution in [1.82, 2.24) is 10.6 Å².